The summed E-state index contributed by atoms with van der Waals surface area (Å²) in [6.45, 7) is 0.356. The Labute approximate surface area is 78.5 Å². The maximum Gasteiger partial charge on any atom is 0.223 e. The smallest absolute Gasteiger partial charge is 0.223 e. The van der Waals surface area contributed by atoms with Gasteiger partial charge in [0.15, 0.2) is 0 Å². The first kappa shape index (κ1) is 10.5. The zero-order valence-corrected chi connectivity index (χ0v) is 7.83. The van der Waals surface area contributed by atoms with Gasteiger partial charge in [-0.3, -0.25) is 4.79 Å². The van der Waals surface area contributed by atoms with E-state index < -0.39 is 0 Å². The molecule has 4 heteroatoms. The molecule has 0 bridgehead atoms. The van der Waals surface area contributed by atoms with Gasteiger partial charge in [-0.25, -0.2) is 0 Å². The number of hydrogen-bond donors (Lipinski definition) is 3. The summed E-state index contributed by atoms with van der Waals surface area (Å²) in [5.74, 6) is 0.111. The zero-order chi connectivity index (χ0) is 9.68. The number of rotatable bonds is 3. The molecule has 1 amide bonds. The first-order valence-corrected chi connectivity index (χ1v) is 4.88. The Balaban J connectivity index is 2.28. The molecule has 0 radical (unpaired) electrons. The molecular formula is C9H18N2O2. The average Bonchev–Trinajstić information content (AvgIpc) is 2.14. The highest BCUT2D eigenvalue weighted by molar-refractivity contribution is 5.78. The maximum absolute atomic E-state index is 11.4. The van der Waals surface area contributed by atoms with Crippen molar-refractivity contribution in [3.8, 4) is 0 Å². The molecule has 1 aliphatic rings. The standard InChI is InChI=1S/C9H18N2O2/c10-8-3-1-2-7(6-8)9(13)11-4-5-12/h7-8,12H,1-6,10H2,(H,11,13). The normalized spacial score (nSPS) is 28.5. The highest BCUT2D eigenvalue weighted by Crippen LogP contribution is 2.22. The highest BCUT2D eigenvalue weighted by Gasteiger charge is 2.24. The number of hydrogen-bond acceptors (Lipinski definition) is 3. The Morgan fingerprint density at radius 3 is 2.92 bits per heavy atom. The number of carbonyl (C=O) groups excluding carboxylic acids is 1. The number of nitrogens with one attached hydrogen (secondary N) is 1. The van der Waals surface area contributed by atoms with Crippen LogP contribution in [-0.2, 0) is 4.79 Å². The van der Waals surface area contributed by atoms with Gasteiger partial charge in [-0.15, -0.1) is 0 Å². The molecular weight excluding hydrogens is 168 g/mol. The molecule has 13 heavy (non-hydrogen) atoms. The van der Waals surface area contributed by atoms with Crippen molar-refractivity contribution in [3.63, 3.8) is 0 Å². The fraction of sp³-hybridized carbons (Fsp3) is 0.889. The molecule has 2 unspecified atom stereocenters. The largest absolute Gasteiger partial charge is 0.395 e. The van der Waals surface area contributed by atoms with Gasteiger partial charge in [0.05, 0.1) is 6.61 Å². The first-order chi connectivity index (χ1) is 6.24. The molecule has 4 nitrogen and oxygen atoms in total. The summed E-state index contributed by atoms with van der Waals surface area (Å²) in [7, 11) is 0. The number of aliphatic hydroxyl groups excluding tert-OH is 1. The molecule has 0 heterocycles. The van der Waals surface area contributed by atoms with Gasteiger partial charge in [0, 0.05) is 18.5 Å². The van der Waals surface area contributed by atoms with Crippen LogP contribution in [0.15, 0.2) is 0 Å². The summed E-state index contributed by atoms with van der Waals surface area (Å²) < 4.78 is 0. The number of amides is 1. The molecule has 1 saturated carbocycles. The SMILES string of the molecule is NC1CCCC(C(=O)NCCO)C1. The lowest BCUT2D eigenvalue weighted by atomic mass is 9.85. The van der Waals surface area contributed by atoms with Gasteiger partial charge in [-0.2, -0.15) is 0 Å². The van der Waals surface area contributed by atoms with E-state index in [4.69, 9.17) is 10.8 Å². The molecule has 1 fully saturated rings. The molecule has 0 aromatic rings. The van der Waals surface area contributed by atoms with E-state index in [9.17, 15) is 4.79 Å². The average molecular weight is 186 g/mol. The van der Waals surface area contributed by atoms with Crippen LogP contribution in [0.3, 0.4) is 0 Å². The van der Waals surface area contributed by atoms with Crippen LogP contribution in [0, 0.1) is 5.92 Å². The Bertz CT molecular complexity index is 173. The third kappa shape index (κ3) is 3.32. The fourth-order valence-electron chi connectivity index (χ4n) is 1.79. The van der Waals surface area contributed by atoms with Gasteiger partial charge in [-0.05, 0) is 19.3 Å². The zero-order valence-electron chi connectivity index (χ0n) is 7.83. The van der Waals surface area contributed by atoms with Crippen molar-refractivity contribution in [1.29, 1.82) is 0 Å². The van der Waals surface area contributed by atoms with Crippen molar-refractivity contribution in [3.05, 3.63) is 0 Å². The van der Waals surface area contributed by atoms with Crippen molar-refractivity contribution in [2.75, 3.05) is 13.2 Å². The highest BCUT2D eigenvalue weighted by atomic mass is 16.3. The Kier molecular flexibility index (Phi) is 4.18. The molecule has 1 rings (SSSR count). The second-order valence-electron chi connectivity index (χ2n) is 3.64. The molecule has 2 atom stereocenters. The van der Waals surface area contributed by atoms with Crippen molar-refractivity contribution in [2.45, 2.75) is 31.7 Å². The molecule has 0 aliphatic heterocycles. The van der Waals surface area contributed by atoms with Gasteiger partial charge < -0.3 is 16.2 Å². The van der Waals surface area contributed by atoms with E-state index in [2.05, 4.69) is 5.32 Å². The quantitative estimate of drug-likeness (QED) is 0.562. The van der Waals surface area contributed by atoms with Crippen LogP contribution in [-0.4, -0.2) is 30.2 Å². The van der Waals surface area contributed by atoms with E-state index >= 15 is 0 Å². The van der Waals surface area contributed by atoms with Crippen molar-refractivity contribution in [1.82, 2.24) is 5.32 Å². The summed E-state index contributed by atoms with van der Waals surface area (Å²) >= 11 is 0. The van der Waals surface area contributed by atoms with Crippen LogP contribution in [0.25, 0.3) is 0 Å². The molecule has 1 aliphatic carbocycles. The maximum atomic E-state index is 11.4. The second kappa shape index (κ2) is 5.19. The van der Waals surface area contributed by atoms with Crippen LogP contribution in [0.1, 0.15) is 25.7 Å². The first-order valence-electron chi connectivity index (χ1n) is 4.88. The molecule has 0 aromatic carbocycles. The summed E-state index contributed by atoms with van der Waals surface area (Å²) in [6, 6.07) is 0.179. The minimum atomic E-state index is 0.00448. The van der Waals surface area contributed by atoms with Gasteiger partial charge in [0.25, 0.3) is 0 Å². The van der Waals surface area contributed by atoms with Crippen molar-refractivity contribution >= 4 is 5.91 Å². The third-order valence-corrected chi connectivity index (χ3v) is 2.50. The van der Waals surface area contributed by atoms with Gasteiger partial charge in [0.1, 0.15) is 0 Å². The lowest BCUT2D eigenvalue weighted by Crippen LogP contribution is -2.38. The Morgan fingerprint density at radius 2 is 2.31 bits per heavy atom. The predicted molar refractivity (Wildman–Crippen MR) is 50.0 cm³/mol. The predicted octanol–water partition coefficient (Wildman–Crippen LogP) is -0.388. The minimum absolute atomic E-state index is 0.00448. The van der Waals surface area contributed by atoms with E-state index in [1.807, 2.05) is 0 Å². The summed E-state index contributed by atoms with van der Waals surface area (Å²) in [5, 5.41) is 11.2. The van der Waals surface area contributed by atoms with E-state index in [1.54, 1.807) is 0 Å². The summed E-state index contributed by atoms with van der Waals surface area (Å²) in [5.41, 5.74) is 5.76. The Hall–Kier alpha value is -0.610. The van der Waals surface area contributed by atoms with Crippen LogP contribution in [0.4, 0.5) is 0 Å². The van der Waals surface area contributed by atoms with Crippen molar-refractivity contribution < 1.29 is 9.90 Å². The lowest BCUT2D eigenvalue weighted by Gasteiger charge is -2.25. The summed E-state index contributed by atoms with van der Waals surface area (Å²) in [4.78, 5) is 11.4. The molecule has 0 spiro atoms. The fourth-order valence-corrected chi connectivity index (χ4v) is 1.79. The number of nitrogens with two attached hydrogens (primary N) is 1. The summed E-state index contributed by atoms with van der Waals surface area (Å²) in [6.07, 6.45) is 3.80. The van der Waals surface area contributed by atoms with Crippen LogP contribution in [0.2, 0.25) is 0 Å². The van der Waals surface area contributed by atoms with Gasteiger partial charge >= 0.3 is 0 Å². The Morgan fingerprint density at radius 1 is 1.54 bits per heavy atom. The topological polar surface area (TPSA) is 75.4 Å². The number of aliphatic hydroxyl groups is 1. The second-order valence-corrected chi connectivity index (χ2v) is 3.64. The molecule has 0 aromatic heterocycles. The lowest BCUT2D eigenvalue weighted by molar-refractivity contribution is -0.126. The van der Waals surface area contributed by atoms with Gasteiger partial charge in [-0.1, -0.05) is 6.42 Å². The van der Waals surface area contributed by atoms with Crippen molar-refractivity contribution in [2.24, 2.45) is 11.7 Å². The monoisotopic (exact) mass is 186 g/mol. The number of carbonyl (C=O) groups is 1. The molecule has 0 saturated heterocycles. The molecule has 76 valence electrons. The minimum Gasteiger partial charge on any atom is -0.395 e. The van der Waals surface area contributed by atoms with Crippen LogP contribution < -0.4 is 11.1 Å². The van der Waals surface area contributed by atoms with E-state index in [1.165, 1.54) is 0 Å². The molecule has 4 N–H and O–H groups in total. The van der Waals surface area contributed by atoms with E-state index in [0.29, 0.717) is 6.54 Å². The van der Waals surface area contributed by atoms with Crippen LogP contribution in [0.5, 0.6) is 0 Å². The van der Waals surface area contributed by atoms with Crippen LogP contribution >= 0.6 is 0 Å². The van der Waals surface area contributed by atoms with E-state index in [-0.39, 0.29) is 24.5 Å². The third-order valence-electron chi connectivity index (χ3n) is 2.50. The van der Waals surface area contributed by atoms with E-state index in [0.717, 1.165) is 25.7 Å². The van der Waals surface area contributed by atoms with Gasteiger partial charge in [0.2, 0.25) is 5.91 Å².